The molecular weight excluding hydrogens is 443 g/mol. The second-order valence-corrected chi connectivity index (χ2v) is 8.40. The molecule has 0 radical (unpaired) electrons. The molecule has 3 rings (SSSR count). The molecule has 0 aromatic heterocycles. The van der Waals surface area contributed by atoms with Gasteiger partial charge in [-0.3, -0.25) is 9.59 Å². The van der Waals surface area contributed by atoms with E-state index in [1.807, 2.05) is 66.7 Å². The van der Waals surface area contributed by atoms with Crippen LogP contribution in [0.4, 0.5) is 0 Å². The molecule has 0 saturated carbocycles. The van der Waals surface area contributed by atoms with E-state index in [0.29, 0.717) is 29.4 Å². The fourth-order valence-electron chi connectivity index (χ4n) is 3.59. The zero-order valence-electron chi connectivity index (χ0n) is 17.9. The Balaban J connectivity index is 1.87. The normalized spacial score (nSPS) is 11.6. The van der Waals surface area contributed by atoms with E-state index >= 15 is 0 Å². The van der Waals surface area contributed by atoms with Crippen LogP contribution in [-0.2, 0) is 29.0 Å². The van der Waals surface area contributed by atoms with E-state index in [4.69, 9.17) is 23.2 Å². The number of aryl methyl sites for hydroxylation is 1. The summed E-state index contributed by atoms with van der Waals surface area (Å²) in [6, 6.07) is 23.9. The number of halogens is 2. The van der Waals surface area contributed by atoms with Gasteiger partial charge in [-0.15, -0.1) is 0 Å². The number of carbonyl (C=O) groups excluding carboxylic acids is 2. The van der Waals surface area contributed by atoms with Gasteiger partial charge in [0.2, 0.25) is 11.8 Å². The van der Waals surface area contributed by atoms with Crippen molar-refractivity contribution in [3.63, 3.8) is 0 Å². The van der Waals surface area contributed by atoms with Gasteiger partial charge in [-0.1, -0.05) is 83.9 Å². The largest absolute Gasteiger partial charge is 0.357 e. The molecule has 0 spiro atoms. The predicted molar refractivity (Wildman–Crippen MR) is 130 cm³/mol. The third-order valence-corrected chi connectivity index (χ3v) is 5.97. The van der Waals surface area contributed by atoms with Crippen molar-refractivity contribution >= 4 is 35.0 Å². The van der Waals surface area contributed by atoms with Gasteiger partial charge in [-0.2, -0.15) is 0 Å². The Morgan fingerprint density at radius 2 is 1.53 bits per heavy atom. The van der Waals surface area contributed by atoms with E-state index in [9.17, 15) is 9.59 Å². The van der Waals surface area contributed by atoms with Gasteiger partial charge in [0.15, 0.2) is 0 Å². The zero-order chi connectivity index (χ0) is 22.9. The number of hydrogen-bond acceptors (Lipinski definition) is 2. The van der Waals surface area contributed by atoms with Crippen LogP contribution in [0.15, 0.2) is 78.9 Å². The maximum absolute atomic E-state index is 13.4. The molecule has 0 aliphatic rings. The summed E-state index contributed by atoms with van der Waals surface area (Å²) >= 11 is 12.3. The molecular formula is C26H26Cl2N2O2. The molecule has 0 aliphatic heterocycles. The average Bonchev–Trinajstić information content (AvgIpc) is 2.82. The van der Waals surface area contributed by atoms with Gasteiger partial charge in [0.05, 0.1) is 0 Å². The van der Waals surface area contributed by atoms with E-state index in [0.717, 1.165) is 16.7 Å². The van der Waals surface area contributed by atoms with Crippen molar-refractivity contribution in [1.29, 1.82) is 0 Å². The van der Waals surface area contributed by atoms with Crippen LogP contribution in [0.25, 0.3) is 0 Å². The molecule has 6 heteroatoms. The van der Waals surface area contributed by atoms with Crippen molar-refractivity contribution in [2.24, 2.45) is 0 Å². The number of rotatable bonds is 9. The van der Waals surface area contributed by atoms with Crippen LogP contribution in [0.5, 0.6) is 0 Å². The first-order valence-electron chi connectivity index (χ1n) is 10.5. The molecule has 1 atom stereocenters. The number of amides is 2. The van der Waals surface area contributed by atoms with Gasteiger partial charge in [-0.05, 0) is 41.3 Å². The lowest BCUT2D eigenvalue weighted by molar-refractivity contribution is -0.141. The SMILES string of the molecule is CNC(=O)[C@H](Cc1ccccc1)N(Cc1ccc(Cl)cc1)C(=O)CCc1ccccc1Cl. The lowest BCUT2D eigenvalue weighted by Gasteiger charge is -2.31. The third-order valence-electron chi connectivity index (χ3n) is 5.35. The van der Waals surface area contributed by atoms with Crippen LogP contribution in [0.2, 0.25) is 10.0 Å². The summed E-state index contributed by atoms with van der Waals surface area (Å²) < 4.78 is 0. The highest BCUT2D eigenvalue weighted by atomic mass is 35.5. The highest BCUT2D eigenvalue weighted by Gasteiger charge is 2.29. The Hall–Kier alpha value is -2.82. The second kappa shape index (κ2) is 11.7. The first-order valence-corrected chi connectivity index (χ1v) is 11.3. The minimum Gasteiger partial charge on any atom is -0.357 e. The van der Waals surface area contributed by atoms with Gasteiger partial charge in [0.25, 0.3) is 0 Å². The van der Waals surface area contributed by atoms with Crippen LogP contribution >= 0.6 is 23.2 Å². The van der Waals surface area contributed by atoms with Gasteiger partial charge in [-0.25, -0.2) is 0 Å². The molecule has 3 aromatic carbocycles. The van der Waals surface area contributed by atoms with Crippen molar-refractivity contribution in [2.75, 3.05) is 7.05 Å². The highest BCUT2D eigenvalue weighted by molar-refractivity contribution is 6.31. The summed E-state index contributed by atoms with van der Waals surface area (Å²) in [5.41, 5.74) is 2.80. The summed E-state index contributed by atoms with van der Waals surface area (Å²) in [5, 5.41) is 3.98. The Kier molecular flexibility index (Phi) is 8.72. The summed E-state index contributed by atoms with van der Waals surface area (Å²) in [6.45, 7) is 0.309. The quantitative estimate of drug-likeness (QED) is 0.462. The minimum atomic E-state index is -0.642. The molecule has 3 aromatic rings. The van der Waals surface area contributed by atoms with Crippen molar-refractivity contribution in [2.45, 2.75) is 31.8 Å². The van der Waals surface area contributed by atoms with Gasteiger partial charge >= 0.3 is 0 Å². The van der Waals surface area contributed by atoms with E-state index in [2.05, 4.69) is 5.32 Å². The summed E-state index contributed by atoms with van der Waals surface area (Å²) in [4.78, 5) is 28.0. The van der Waals surface area contributed by atoms with Crippen LogP contribution in [0, 0.1) is 0 Å². The number of nitrogens with one attached hydrogen (secondary N) is 1. The molecule has 0 saturated heterocycles. The molecule has 0 aliphatic carbocycles. The monoisotopic (exact) mass is 468 g/mol. The smallest absolute Gasteiger partial charge is 0.242 e. The average molecular weight is 469 g/mol. The maximum atomic E-state index is 13.4. The topological polar surface area (TPSA) is 49.4 Å². The summed E-state index contributed by atoms with van der Waals surface area (Å²) in [6.07, 6.45) is 1.17. The fourth-order valence-corrected chi connectivity index (χ4v) is 3.95. The number of nitrogens with zero attached hydrogens (tertiary/aromatic N) is 1. The summed E-state index contributed by atoms with van der Waals surface area (Å²) in [5.74, 6) is -0.307. The standard InChI is InChI=1S/C26H26Cl2N2O2/c1-29-26(32)24(17-19-7-3-2-4-8-19)30(18-20-11-14-22(27)15-12-20)25(31)16-13-21-9-5-6-10-23(21)28/h2-12,14-15,24H,13,16-18H2,1H3,(H,29,32)/t24-/m0/s1. The van der Waals surface area contributed by atoms with Crippen LogP contribution in [-0.4, -0.2) is 29.8 Å². The van der Waals surface area contributed by atoms with E-state index in [1.165, 1.54) is 0 Å². The molecule has 2 amide bonds. The molecule has 0 bridgehead atoms. The van der Waals surface area contributed by atoms with Gasteiger partial charge < -0.3 is 10.2 Å². The van der Waals surface area contributed by atoms with E-state index in [-0.39, 0.29) is 18.2 Å². The molecule has 0 fully saturated rings. The van der Waals surface area contributed by atoms with E-state index in [1.54, 1.807) is 24.1 Å². The first kappa shape index (κ1) is 23.8. The lowest BCUT2D eigenvalue weighted by Crippen LogP contribution is -2.49. The molecule has 32 heavy (non-hydrogen) atoms. The Morgan fingerprint density at radius 3 is 2.19 bits per heavy atom. The van der Waals surface area contributed by atoms with Gasteiger partial charge in [0.1, 0.15) is 6.04 Å². The van der Waals surface area contributed by atoms with Crippen molar-refractivity contribution in [3.05, 3.63) is 106 Å². The summed E-state index contributed by atoms with van der Waals surface area (Å²) in [7, 11) is 1.59. The first-order chi connectivity index (χ1) is 15.5. The number of benzene rings is 3. The molecule has 166 valence electrons. The minimum absolute atomic E-state index is 0.107. The van der Waals surface area contributed by atoms with E-state index < -0.39 is 6.04 Å². The van der Waals surface area contributed by atoms with Crippen LogP contribution < -0.4 is 5.32 Å². The molecule has 1 N–H and O–H groups in total. The number of hydrogen-bond donors (Lipinski definition) is 1. The van der Waals surface area contributed by atoms with Crippen molar-refractivity contribution in [3.8, 4) is 0 Å². The fraction of sp³-hybridized carbons (Fsp3) is 0.231. The Labute approximate surface area is 199 Å². The third kappa shape index (κ3) is 6.59. The molecule has 4 nitrogen and oxygen atoms in total. The number of carbonyl (C=O) groups is 2. The maximum Gasteiger partial charge on any atom is 0.242 e. The second-order valence-electron chi connectivity index (χ2n) is 7.56. The van der Waals surface area contributed by atoms with Crippen molar-refractivity contribution in [1.82, 2.24) is 10.2 Å². The molecule has 0 unspecified atom stereocenters. The van der Waals surface area contributed by atoms with Gasteiger partial charge in [0, 0.05) is 36.5 Å². The van der Waals surface area contributed by atoms with Crippen LogP contribution in [0.1, 0.15) is 23.1 Å². The number of likely N-dealkylation sites (N-methyl/N-ethyl adjacent to an activating group) is 1. The Bertz CT molecular complexity index is 1040. The Morgan fingerprint density at radius 1 is 0.875 bits per heavy atom. The lowest BCUT2D eigenvalue weighted by atomic mass is 10.0. The zero-order valence-corrected chi connectivity index (χ0v) is 19.4. The van der Waals surface area contributed by atoms with Crippen molar-refractivity contribution < 1.29 is 9.59 Å². The van der Waals surface area contributed by atoms with Crippen LogP contribution in [0.3, 0.4) is 0 Å². The molecule has 0 heterocycles. The highest BCUT2D eigenvalue weighted by Crippen LogP contribution is 2.20. The predicted octanol–water partition coefficient (Wildman–Crippen LogP) is 5.31.